The Morgan fingerprint density at radius 3 is 2.65 bits per heavy atom. The highest BCUT2D eigenvalue weighted by Gasteiger charge is 2.28. The molecule has 1 unspecified atom stereocenters. The van der Waals surface area contributed by atoms with Gasteiger partial charge in [0.25, 0.3) is 0 Å². The van der Waals surface area contributed by atoms with Gasteiger partial charge in [-0.05, 0) is 17.7 Å². The van der Waals surface area contributed by atoms with Crippen molar-refractivity contribution in [1.29, 1.82) is 0 Å². The molecule has 1 N–H and O–H groups in total. The van der Waals surface area contributed by atoms with Crippen molar-refractivity contribution < 1.29 is 23.8 Å². The first-order valence-corrected chi connectivity index (χ1v) is 6.06. The smallest absolute Gasteiger partial charge is 0.387 e. The third kappa shape index (κ3) is 2.18. The van der Waals surface area contributed by atoms with E-state index in [0.29, 0.717) is 17.7 Å². The third-order valence-corrected chi connectivity index (χ3v) is 3.06. The van der Waals surface area contributed by atoms with Crippen LogP contribution in [0.3, 0.4) is 0 Å². The summed E-state index contributed by atoms with van der Waals surface area (Å²) in [6, 6.07) is 11.5. The van der Waals surface area contributed by atoms with Crippen molar-refractivity contribution in [3.05, 3.63) is 59.4 Å². The highest BCUT2D eigenvalue weighted by atomic mass is 19.1. The molecule has 0 bridgehead atoms. The number of rotatable bonds is 1. The van der Waals surface area contributed by atoms with Crippen molar-refractivity contribution in [1.82, 2.24) is 0 Å². The van der Waals surface area contributed by atoms with Crippen LogP contribution in [0.5, 0.6) is 11.5 Å². The highest BCUT2D eigenvalue weighted by molar-refractivity contribution is 5.72. The molecule has 2 aromatic rings. The third-order valence-electron chi connectivity index (χ3n) is 3.06. The lowest BCUT2D eigenvalue weighted by Gasteiger charge is -2.23. The van der Waals surface area contributed by atoms with Gasteiger partial charge in [-0.25, -0.2) is 9.18 Å². The standard InChI is InChI=1S/C15H11FO4/c16-11-6-3-5-10-8-9-4-1-2-7-12(9)19-15(14(17)18)20-13(10)11/h1-7,15H,8H2,(H,17,18). The molecule has 5 heteroatoms. The van der Waals surface area contributed by atoms with Crippen molar-refractivity contribution in [2.24, 2.45) is 0 Å². The molecule has 2 aromatic carbocycles. The van der Waals surface area contributed by atoms with Crippen LogP contribution in [0.15, 0.2) is 42.5 Å². The van der Waals surface area contributed by atoms with Gasteiger partial charge in [-0.3, -0.25) is 0 Å². The maximum Gasteiger partial charge on any atom is 0.387 e. The molecule has 1 aliphatic rings. The molecule has 0 saturated carbocycles. The number of ether oxygens (including phenoxy) is 2. The van der Waals surface area contributed by atoms with Crippen LogP contribution in [-0.4, -0.2) is 17.4 Å². The summed E-state index contributed by atoms with van der Waals surface area (Å²) >= 11 is 0. The van der Waals surface area contributed by atoms with Crippen LogP contribution < -0.4 is 9.47 Å². The van der Waals surface area contributed by atoms with Crippen molar-refractivity contribution >= 4 is 5.97 Å². The van der Waals surface area contributed by atoms with Crippen LogP contribution in [0.2, 0.25) is 0 Å². The molecular weight excluding hydrogens is 263 g/mol. The molecule has 102 valence electrons. The Bertz CT molecular complexity index is 669. The van der Waals surface area contributed by atoms with E-state index in [9.17, 15) is 9.18 Å². The summed E-state index contributed by atoms with van der Waals surface area (Å²) in [6.07, 6.45) is -1.16. The minimum Gasteiger partial charge on any atom is -0.476 e. The summed E-state index contributed by atoms with van der Waals surface area (Å²) in [4.78, 5) is 11.2. The number of benzene rings is 2. The molecule has 0 aromatic heterocycles. The van der Waals surface area contributed by atoms with Gasteiger partial charge in [0.1, 0.15) is 5.75 Å². The van der Waals surface area contributed by atoms with E-state index in [2.05, 4.69) is 0 Å². The number of hydrogen-bond acceptors (Lipinski definition) is 3. The average Bonchev–Trinajstić information content (AvgIpc) is 2.40. The largest absolute Gasteiger partial charge is 0.476 e. The second-order valence-electron chi connectivity index (χ2n) is 4.42. The van der Waals surface area contributed by atoms with Gasteiger partial charge in [-0.2, -0.15) is 0 Å². The van der Waals surface area contributed by atoms with E-state index >= 15 is 0 Å². The topological polar surface area (TPSA) is 55.8 Å². The van der Waals surface area contributed by atoms with Gasteiger partial charge in [0.2, 0.25) is 0 Å². The molecule has 0 aliphatic carbocycles. The van der Waals surface area contributed by atoms with Gasteiger partial charge in [0.05, 0.1) is 0 Å². The zero-order chi connectivity index (χ0) is 14.1. The Morgan fingerprint density at radius 1 is 1.10 bits per heavy atom. The first kappa shape index (κ1) is 12.5. The second-order valence-corrected chi connectivity index (χ2v) is 4.42. The summed E-state index contributed by atoms with van der Waals surface area (Å²) in [5, 5.41) is 9.12. The molecule has 0 saturated heterocycles. The molecule has 3 rings (SSSR count). The lowest BCUT2D eigenvalue weighted by atomic mass is 10.0. The molecule has 1 aliphatic heterocycles. The predicted octanol–water partition coefficient (Wildman–Crippen LogP) is 2.60. The van der Waals surface area contributed by atoms with E-state index in [1.54, 1.807) is 24.3 Å². The summed E-state index contributed by atoms with van der Waals surface area (Å²) in [5.41, 5.74) is 1.38. The Labute approximate surface area is 114 Å². The summed E-state index contributed by atoms with van der Waals surface area (Å²) in [7, 11) is 0. The van der Waals surface area contributed by atoms with Gasteiger partial charge in [0.15, 0.2) is 11.6 Å². The number of carboxylic acid groups (broad SMARTS) is 1. The lowest BCUT2D eigenvalue weighted by Crippen LogP contribution is -2.34. The first-order chi connectivity index (χ1) is 9.65. The quantitative estimate of drug-likeness (QED) is 0.868. The fourth-order valence-corrected chi connectivity index (χ4v) is 2.14. The van der Waals surface area contributed by atoms with E-state index in [1.807, 2.05) is 12.1 Å². The van der Waals surface area contributed by atoms with Crippen LogP contribution in [0.25, 0.3) is 0 Å². The fourth-order valence-electron chi connectivity index (χ4n) is 2.14. The van der Waals surface area contributed by atoms with Crippen molar-refractivity contribution in [3.8, 4) is 11.5 Å². The molecular formula is C15H11FO4. The first-order valence-electron chi connectivity index (χ1n) is 6.06. The van der Waals surface area contributed by atoms with E-state index in [0.717, 1.165) is 5.56 Å². The summed E-state index contributed by atoms with van der Waals surface area (Å²) in [5.74, 6) is -1.56. The Morgan fingerprint density at radius 2 is 1.85 bits per heavy atom. The predicted molar refractivity (Wildman–Crippen MR) is 68.3 cm³/mol. The Hall–Kier alpha value is -2.56. The minimum atomic E-state index is -1.58. The minimum absolute atomic E-state index is 0.0746. The van der Waals surface area contributed by atoms with Crippen LogP contribution >= 0.6 is 0 Å². The highest BCUT2D eigenvalue weighted by Crippen LogP contribution is 2.32. The normalized spacial score (nSPS) is 16.8. The van der Waals surface area contributed by atoms with Crippen LogP contribution in [-0.2, 0) is 11.2 Å². The van der Waals surface area contributed by atoms with Crippen LogP contribution in [0, 0.1) is 5.82 Å². The lowest BCUT2D eigenvalue weighted by molar-refractivity contribution is -0.159. The average molecular weight is 274 g/mol. The summed E-state index contributed by atoms with van der Waals surface area (Å²) in [6.45, 7) is 0. The molecule has 0 radical (unpaired) electrons. The number of carbonyl (C=O) groups is 1. The van der Waals surface area contributed by atoms with Gasteiger partial charge < -0.3 is 14.6 Å². The van der Waals surface area contributed by atoms with E-state index in [-0.39, 0.29) is 5.75 Å². The van der Waals surface area contributed by atoms with E-state index in [4.69, 9.17) is 14.6 Å². The molecule has 1 atom stereocenters. The number of hydrogen-bond donors (Lipinski definition) is 1. The second kappa shape index (κ2) is 4.85. The van der Waals surface area contributed by atoms with Crippen molar-refractivity contribution in [2.75, 3.05) is 0 Å². The molecule has 4 nitrogen and oxygen atoms in total. The maximum atomic E-state index is 13.8. The van der Waals surface area contributed by atoms with Crippen molar-refractivity contribution in [3.63, 3.8) is 0 Å². The zero-order valence-electron chi connectivity index (χ0n) is 10.4. The molecule has 0 fully saturated rings. The van der Waals surface area contributed by atoms with Gasteiger partial charge in [-0.1, -0.05) is 30.3 Å². The van der Waals surface area contributed by atoms with Crippen molar-refractivity contribution in [2.45, 2.75) is 12.7 Å². The zero-order valence-corrected chi connectivity index (χ0v) is 10.4. The van der Waals surface area contributed by atoms with Crippen LogP contribution in [0.4, 0.5) is 4.39 Å². The number of para-hydroxylation sites is 2. The number of fused-ring (bicyclic) bond motifs is 2. The molecule has 1 heterocycles. The van der Waals surface area contributed by atoms with Gasteiger partial charge in [0, 0.05) is 12.0 Å². The van der Waals surface area contributed by atoms with Crippen LogP contribution in [0.1, 0.15) is 11.1 Å². The molecule has 0 amide bonds. The fraction of sp³-hybridized carbons (Fsp3) is 0.133. The number of halogens is 1. The Balaban J connectivity index is 2.14. The summed E-state index contributed by atoms with van der Waals surface area (Å²) < 4.78 is 24.3. The number of aliphatic carboxylic acids is 1. The molecule has 0 spiro atoms. The van der Waals surface area contributed by atoms with E-state index in [1.165, 1.54) is 6.07 Å². The molecule has 20 heavy (non-hydrogen) atoms. The monoisotopic (exact) mass is 274 g/mol. The van der Waals surface area contributed by atoms with Gasteiger partial charge >= 0.3 is 12.3 Å². The van der Waals surface area contributed by atoms with Gasteiger partial charge in [-0.15, -0.1) is 0 Å². The van der Waals surface area contributed by atoms with E-state index < -0.39 is 18.1 Å². The SMILES string of the molecule is O=C(O)C1Oc2ccccc2Cc2cccc(F)c2O1. The maximum absolute atomic E-state index is 13.8. The Kier molecular flexibility index (Phi) is 3.02. The number of carboxylic acids is 1.